The van der Waals surface area contributed by atoms with Crippen LogP contribution in [-0.4, -0.2) is 35.6 Å². The Balaban J connectivity index is 1.68. The van der Waals surface area contributed by atoms with Crippen LogP contribution >= 0.6 is 11.6 Å². The molecule has 1 aromatic carbocycles. The van der Waals surface area contributed by atoms with Gasteiger partial charge in [0.05, 0.1) is 0 Å². The number of hydrogen-bond donors (Lipinski definition) is 1. The fourth-order valence-electron chi connectivity index (χ4n) is 2.52. The largest absolute Gasteiger partial charge is 0.459 e. The predicted octanol–water partition coefficient (Wildman–Crippen LogP) is 2.51. The van der Waals surface area contributed by atoms with Gasteiger partial charge in [-0.3, -0.25) is 0 Å². The molecule has 0 bridgehead atoms. The molecule has 2 aromatic rings. The lowest BCUT2D eigenvalue weighted by Crippen LogP contribution is -2.50. The molecule has 0 unspecified atom stereocenters. The lowest BCUT2D eigenvalue weighted by Gasteiger charge is -2.34. The van der Waals surface area contributed by atoms with Gasteiger partial charge in [0.25, 0.3) is 0 Å². The van der Waals surface area contributed by atoms with Crippen molar-refractivity contribution in [3.63, 3.8) is 0 Å². The van der Waals surface area contributed by atoms with Crippen LogP contribution in [0.15, 0.2) is 36.5 Å². The Morgan fingerprint density at radius 3 is 3.14 bits per heavy atom. The standard InChI is InChI=1S/C16H19ClN4O/c1-12-10-18-7-8-21(12)15-5-6-19-16(20-15)22-11-13-3-2-4-14(17)9-13/h2-6,9,12,18H,7-8,10-11H2,1H3/t12-/m0/s1. The van der Waals surface area contributed by atoms with Crippen molar-refractivity contribution in [2.24, 2.45) is 0 Å². The predicted molar refractivity (Wildman–Crippen MR) is 87.5 cm³/mol. The minimum Gasteiger partial charge on any atom is -0.459 e. The van der Waals surface area contributed by atoms with Gasteiger partial charge in [0.15, 0.2) is 0 Å². The van der Waals surface area contributed by atoms with Crippen molar-refractivity contribution in [3.8, 4) is 6.01 Å². The van der Waals surface area contributed by atoms with Crippen molar-refractivity contribution in [2.45, 2.75) is 19.6 Å². The Morgan fingerprint density at radius 2 is 2.32 bits per heavy atom. The second-order valence-corrected chi connectivity index (χ2v) is 5.80. The molecular weight excluding hydrogens is 300 g/mol. The van der Waals surface area contributed by atoms with Crippen molar-refractivity contribution in [1.29, 1.82) is 0 Å². The van der Waals surface area contributed by atoms with E-state index in [1.807, 2.05) is 30.3 Å². The second kappa shape index (κ2) is 6.94. The average molecular weight is 319 g/mol. The Bertz CT molecular complexity index is 637. The Morgan fingerprint density at radius 1 is 1.41 bits per heavy atom. The summed E-state index contributed by atoms with van der Waals surface area (Å²) in [5, 5.41) is 4.07. The van der Waals surface area contributed by atoms with E-state index in [1.165, 1.54) is 0 Å². The zero-order valence-corrected chi connectivity index (χ0v) is 13.3. The molecule has 0 saturated carbocycles. The fraction of sp³-hybridized carbons (Fsp3) is 0.375. The Kier molecular flexibility index (Phi) is 4.75. The SMILES string of the molecule is C[C@H]1CNCCN1c1ccnc(OCc2cccc(Cl)c2)n1. The highest BCUT2D eigenvalue weighted by Crippen LogP contribution is 2.18. The van der Waals surface area contributed by atoms with Crippen molar-refractivity contribution in [3.05, 3.63) is 47.1 Å². The number of piperazine rings is 1. The molecule has 1 aromatic heterocycles. The number of nitrogens with zero attached hydrogens (tertiary/aromatic N) is 3. The van der Waals surface area contributed by atoms with Crippen molar-refractivity contribution in [2.75, 3.05) is 24.5 Å². The maximum atomic E-state index is 5.97. The zero-order chi connectivity index (χ0) is 15.4. The summed E-state index contributed by atoms with van der Waals surface area (Å²) in [5.41, 5.74) is 0.997. The molecule has 1 saturated heterocycles. The van der Waals surface area contributed by atoms with E-state index in [9.17, 15) is 0 Å². The Hall–Kier alpha value is -1.85. The lowest BCUT2D eigenvalue weighted by molar-refractivity contribution is 0.280. The number of hydrogen-bond acceptors (Lipinski definition) is 5. The number of aromatic nitrogens is 2. The minimum atomic E-state index is 0.392. The van der Waals surface area contributed by atoms with Gasteiger partial charge in [0.1, 0.15) is 12.4 Å². The zero-order valence-electron chi connectivity index (χ0n) is 12.5. The highest BCUT2D eigenvalue weighted by molar-refractivity contribution is 6.30. The number of ether oxygens (including phenoxy) is 1. The van der Waals surface area contributed by atoms with Gasteiger partial charge in [-0.05, 0) is 30.7 Å². The van der Waals surface area contributed by atoms with Gasteiger partial charge in [0.2, 0.25) is 0 Å². The molecule has 116 valence electrons. The van der Waals surface area contributed by atoms with Crippen LogP contribution in [-0.2, 0) is 6.61 Å². The molecule has 3 rings (SSSR count). The summed E-state index contributed by atoms with van der Waals surface area (Å²) in [5.74, 6) is 0.907. The molecule has 0 aliphatic carbocycles. The average Bonchev–Trinajstić information content (AvgIpc) is 2.54. The fourth-order valence-corrected chi connectivity index (χ4v) is 2.73. The number of anilines is 1. The molecule has 5 nitrogen and oxygen atoms in total. The first-order chi connectivity index (χ1) is 10.7. The van der Waals surface area contributed by atoms with Crippen LogP contribution in [0.25, 0.3) is 0 Å². The van der Waals surface area contributed by atoms with Gasteiger partial charge < -0.3 is 15.0 Å². The van der Waals surface area contributed by atoms with Crippen LogP contribution < -0.4 is 15.0 Å². The highest BCUT2D eigenvalue weighted by Gasteiger charge is 2.19. The number of nitrogens with one attached hydrogen (secondary N) is 1. The summed E-state index contributed by atoms with van der Waals surface area (Å²) < 4.78 is 5.69. The molecule has 6 heteroatoms. The molecule has 1 fully saturated rings. The summed E-state index contributed by atoms with van der Waals surface area (Å²) >= 11 is 5.97. The first kappa shape index (κ1) is 15.1. The summed E-state index contributed by atoms with van der Waals surface area (Å²) in [7, 11) is 0. The monoisotopic (exact) mass is 318 g/mol. The molecule has 22 heavy (non-hydrogen) atoms. The number of benzene rings is 1. The molecule has 2 heterocycles. The van der Waals surface area contributed by atoms with Gasteiger partial charge >= 0.3 is 6.01 Å². The summed E-state index contributed by atoms with van der Waals surface area (Å²) in [6.07, 6.45) is 1.74. The number of halogens is 1. The van der Waals surface area contributed by atoms with Crippen LogP contribution in [0.3, 0.4) is 0 Å². The molecule has 1 aliphatic heterocycles. The third-order valence-corrected chi connectivity index (χ3v) is 3.91. The lowest BCUT2D eigenvalue weighted by atomic mass is 10.2. The topological polar surface area (TPSA) is 50.3 Å². The van der Waals surface area contributed by atoms with E-state index in [4.69, 9.17) is 16.3 Å². The van der Waals surface area contributed by atoms with E-state index in [1.54, 1.807) is 6.20 Å². The van der Waals surface area contributed by atoms with Crippen LogP contribution in [0.4, 0.5) is 5.82 Å². The van der Waals surface area contributed by atoms with E-state index in [-0.39, 0.29) is 0 Å². The maximum Gasteiger partial charge on any atom is 0.318 e. The highest BCUT2D eigenvalue weighted by atomic mass is 35.5. The van der Waals surface area contributed by atoms with Gasteiger partial charge in [-0.1, -0.05) is 23.7 Å². The van der Waals surface area contributed by atoms with Gasteiger partial charge in [-0.15, -0.1) is 0 Å². The van der Waals surface area contributed by atoms with Crippen molar-refractivity contribution in [1.82, 2.24) is 15.3 Å². The van der Waals surface area contributed by atoms with E-state index < -0.39 is 0 Å². The third-order valence-electron chi connectivity index (χ3n) is 3.67. The normalized spacial score (nSPS) is 18.3. The van der Waals surface area contributed by atoms with Gasteiger partial charge in [0, 0.05) is 36.9 Å². The van der Waals surface area contributed by atoms with E-state index in [0.29, 0.717) is 23.7 Å². The first-order valence-corrected chi connectivity index (χ1v) is 7.78. The van der Waals surface area contributed by atoms with Gasteiger partial charge in [-0.2, -0.15) is 4.98 Å². The molecule has 1 atom stereocenters. The summed E-state index contributed by atoms with van der Waals surface area (Å²) in [4.78, 5) is 11.0. The molecule has 1 aliphatic rings. The Labute approximate surface area is 135 Å². The van der Waals surface area contributed by atoms with E-state index >= 15 is 0 Å². The second-order valence-electron chi connectivity index (χ2n) is 5.36. The van der Waals surface area contributed by atoms with E-state index in [2.05, 4.69) is 27.1 Å². The van der Waals surface area contributed by atoms with Crippen molar-refractivity contribution < 1.29 is 4.74 Å². The molecule has 0 amide bonds. The van der Waals surface area contributed by atoms with Crippen LogP contribution in [0.1, 0.15) is 12.5 Å². The molecule has 1 N–H and O–H groups in total. The van der Waals surface area contributed by atoms with Crippen LogP contribution in [0, 0.1) is 0 Å². The maximum absolute atomic E-state index is 5.97. The molecular formula is C16H19ClN4O. The summed E-state index contributed by atoms with van der Waals surface area (Å²) in [6, 6.07) is 10.3. The molecule has 0 radical (unpaired) electrons. The summed E-state index contributed by atoms with van der Waals surface area (Å²) in [6.45, 7) is 5.45. The van der Waals surface area contributed by atoms with Gasteiger partial charge in [-0.25, -0.2) is 4.98 Å². The third kappa shape index (κ3) is 3.67. The molecule has 0 spiro atoms. The number of rotatable bonds is 4. The van der Waals surface area contributed by atoms with E-state index in [0.717, 1.165) is 31.0 Å². The van der Waals surface area contributed by atoms with Crippen LogP contribution in [0.2, 0.25) is 5.02 Å². The van der Waals surface area contributed by atoms with Crippen molar-refractivity contribution >= 4 is 17.4 Å². The van der Waals surface area contributed by atoms with Crippen LogP contribution in [0.5, 0.6) is 6.01 Å². The first-order valence-electron chi connectivity index (χ1n) is 7.40. The quantitative estimate of drug-likeness (QED) is 0.938. The smallest absolute Gasteiger partial charge is 0.318 e. The minimum absolute atomic E-state index is 0.392.